The molecular formula is C21H24N4O4S2. The first-order valence-electron chi connectivity index (χ1n) is 9.69. The lowest BCUT2D eigenvalue weighted by Crippen LogP contribution is -2.29. The van der Waals surface area contributed by atoms with Crippen molar-refractivity contribution in [3.8, 4) is 0 Å². The molecule has 10 heteroatoms. The van der Waals surface area contributed by atoms with Crippen LogP contribution in [-0.2, 0) is 21.2 Å². The number of nitrogens with one attached hydrogen (secondary N) is 1. The molecule has 164 valence electrons. The number of fused-ring (bicyclic) bond motifs is 1. The molecule has 8 nitrogen and oxygen atoms in total. The summed E-state index contributed by atoms with van der Waals surface area (Å²) in [6, 6.07) is 13.3. The van der Waals surface area contributed by atoms with Gasteiger partial charge in [-0.1, -0.05) is 36.0 Å². The predicted molar refractivity (Wildman–Crippen MR) is 122 cm³/mol. The fraction of sp³-hybridized carbons (Fsp3) is 0.286. The van der Waals surface area contributed by atoms with Crippen LogP contribution in [0.5, 0.6) is 0 Å². The number of carbonyl (C=O) groups excluding carboxylic acids is 1. The number of thioether (sulfide) groups is 1. The van der Waals surface area contributed by atoms with Gasteiger partial charge in [0.15, 0.2) is 5.16 Å². The summed E-state index contributed by atoms with van der Waals surface area (Å²) < 4.78 is 24.2. The number of para-hydroxylation sites is 1. The number of hydrogen-bond acceptors (Lipinski definition) is 6. The molecule has 0 saturated carbocycles. The highest BCUT2D eigenvalue weighted by molar-refractivity contribution is 7.99. The van der Waals surface area contributed by atoms with E-state index in [9.17, 15) is 18.0 Å². The van der Waals surface area contributed by atoms with Crippen LogP contribution < -0.4 is 16.0 Å². The summed E-state index contributed by atoms with van der Waals surface area (Å²) in [5, 5.41) is 8.97. The molecule has 0 aliphatic heterocycles. The van der Waals surface area contributed by atoms with Gasteiger partial charge >= 0.3 is 0 Å². The number of rotatable bonds is 8. The fourth-order valence-corrected chi connectivity index (χ4v) is 4.53. The molecule has 0 bridgehead atoms. The SMILES string of the molecule is CC(C)n1c(SCC(=O)NCCc2ccc(S(N)(=O)=O)cc2)nc2ccccc2c1=O. The van der Waals surface area contributed by atoms with Gasteiger partial charge in [-0.15, -0.1) is 0 Å². The van der Waals surface area contributed by atoms with Gasteiger partial charge < -0.3 is 5.32 Å². The van der Waals surface area contributed by atoms with Gasteiger partial charge in [-0.2, -0.15) is 0 Å². The first-order valence-corrected chi connectivity index (χ1v) is 12.2. The standard InChI is InChI=1S/C21H24N4O4S2/c1-14(2)25-20(27)17-5-3-4-6-18(17)24-21(25)30-13-19(26)23-12-11-15-7-9-16(10-8-15)31(22,28)29/h3-10,14H,11-13H2,1-2H3,(H,23,26)(H2,22,28,29). The Balaban J connectivity index is 1.60. The second-order valence-corrected chi connectivity index (χ2v) is 9.76. The van der Waals surface area contributed by atoms with Gasteiger partial charge in [-0.05, 0) is 50.1 Å². The molecule has 2 aromatic carbocycles. The highest BCUT2D eigenvalue weighted by Gasteiger charge is 2.15. The van der Waals surface area contributed by atoms with Crippen LogP contribution >= 0.6 is 11.8 Å². The Kier molecular flexibility index (Phi) is 7.14. The number of aromatic nitrogens is 2. The van der Waals surface area contributed by atoms with Crippen LogP contribution in [0.3, 0.4) is 0 Å². The zero-order valence-corrected chi connectivity index (χ0v) is 18.9. The third kappa shape index (κ3) is 5.72. The summed E-state index contributed by atoms with van der Waals surface area (Å²) in [5.74, 6) is -0.0501. The number of amides is 1. The van der Waals surface area contributed by atoms with Gasteiger partial charge in [0, 0.05) is 12.6 Å². The molecular weight excluding hydrogens is 436 g/mol. The lowest BCUT2D eigenvalue weighted by Gasteiger charge is -2.16. The van der Waals surface area contributed by atoms with Crippen molar-refractivity contribution in [3.63, 3.8) is 0 Å². The van der Waals surface area contributed by atoms with Gasteiger partial charge in [0.25, 0.3) is 5.56 Å². The molecule has 3 N–H and O–H groups in total. The molecule has 0 aliphatic carbocycles. The number of nitrogens with zero attached hydrogens (tertiary/aromatic N) is 2. The maximum absolute atomic E-state index is 12.8. The normalized spacial score (nSPS) is 11.7. The van der Waals surface area contributed by atoms with Gasteiger partial charge in [0.1, 0.15) is 0 Å². The summed E-state index contributed by atoms with van der Waals surface area (Å²) in [4.78, 5) is 29.7. The van der Waals surface area contributed by atoms with Crippen LogP contribution in [0.4, 0.5) is 0 Å². The van der Waals surface area contributed by atoms with E-state index in [-0.39, 0.29) is 28.2 Å². The van der Waals surface area contributed by atoms with Gasteiger partial charge in [0.2, 0.25) is 15.9 Å². The molecule has 3 rings (SSSR count). The Labute approximate surface area is 184 Å². The van der Waals surface area contributed by atoms with Crippen molar-refractivity contribution in [2.45, 2.75) is 36.4 Å². The highest BCUT2D eigenvalue weighted by Crippen LogP contribution is 2.20. The van der Waals surface area contributed by atoms with Crippen LogP contribution in [0.1, 0.15) is 25.5 Å². The summed E-state index contributed by atoms with van der Waals surface area (Å²) >= 11 is 1.22. The lowest BCUT2D eigenvalue weighted by molar-refractivity contribution is -0.118. The highest BCUT2D eigenvalue weighted by atomic mass is 32.2. The molecule has 0 saturated heterocycles. The van der Waals surface area contributed by atoms with E-state index in [1.54, 1.807) is 34.9 Å². The molecule has 0 atom stereocenters. The van der Waals surface area contributed by atoms with Gasteiger partial charge in [-0.25, -0.2) is 18.5 Å². The Morgan fingerprint density at radius 2 is 1.84 bits per heavy atom. The average molecular weight is 461 g/mol. The third-order valence-corrected chi connectivity index (χ3v) is 6.49. The van der Waals surface area contributed by atoms with Crippen LogP contribution in [0, 0.1) is 0 Å². The molecule has 0 fully saturated rings. The number of primary sulfonamides is 1. The van der Waals surface area contributed by atoms with Crippen molar-refractivity contribution in [3.05, 3.63) is 64.4 Å². The van der Waals surface area contributed by atoms with E-state index in [0.29, 0.717) is 29.0 Å². The number of benzene rings is 2. The van der Waals surface area contributed by atoms with E-state index in [0.717, 1.165) is 5.56 Å². The quantitative estimate of drug-likeness (QED) is 0.392. The van der Waals surface area contributed by atoms with Crippen molar-refractivity contribution >= 4 is 38.6 Å². The minimum Gasteiger partial charge on any atom is -0.355 e. The Morgan fingerprint density at radius 1 is 1.16 bits per heavy atom. The first kappa shape index (κ1) is 23.0. The van der Waals surface area contributed by atoms with E-state index in [2.05, 4.69) is 10.3 Å². The fourth-order valence-electron chi connectivity index (χ4n) is 3.06. The monoisotopic (exact) mass is 460 g/mol. The molecule has 0 unspecified atom stereocenters. The molecule has 31 heavy (non-hydrogen) atoms. The van der Waals surface area contributed by atoms with Crippen LogP contribution in [0.2, 0.25) is 0 Å². The maximum Gasteiger partial charge on any atom is 0.262 e. The summed E-state index contributed by atoms with van der Waals surface area (Å²) in [5.41, 5.74) is 1.37. The molecule has 1 heterocycles. The van der Waals surface area contributed by atoms with Crippen molar-refractivity contribution in [1.29, 1.82) is 0 Å². The van der Waals surface area contributed by atoms with Crippen LogP contribution in [0.15, 0.2) is 63.4 Å². The van der Waals surface area contributed by atoms with E-state index < -0.39 is 10.0 Å². The first-order chi connectivity index (χ1) is 14.7. The van der Waals surface area contributed by atoms with Crippen LogP contribution in [0.25, 0.3) is 10.9 Å². The number of sulfonamides is 1. The zero-order valence-electron chi connectivity index (χ0n) is 17.2. The van der Waals surface area contributed by atoms with Crippen LogP contribution in [-0.4, -0.2) is 36.2 Å². The van der Waals surface area contributed by atoms with Gasteiger partial charge in [0.05, 0.1) is 21.6 Å². The second kappa shape index (κ2) is 9.63. The molecule has 0 aliphatic rings. The van der Waals surface area contributed by atoms with Crippen molar-refractivity contribution in [2.24, 2.45) is 5.14 Å². The van der Waals surface area contributed by atoms with E-state index in [1.165, 1.54) is 23.9 Å². The molecule has 0 radical (unpaired) electrons. The molecule has 1 aromatic heterocycles. The summed E-state index contributed by atoms with van der Waals surface area (Å²) in [6.45, 7) is 4.21. The van der Waals surface area contributed by atoms with E-state index >= 15 is 0 Å². The summed E-state index contributed by atoms with van der Waals surface area (Å²) in [7, 11) is -3.72. The Hall–Kier alpha value is -2.69. The minimum atomic E-state index is -3.72. The van der Waals surface area contributed by atoms with Gasteiger partial charge in [-0.3, -0.25) is 14.2 Å². The predicted octanol–water partition coefficient (Wildman–Crippen LogP) is 2.08. The maximum atomic E-state index is 12.8. The van der Waals surface area contributed by atoms with E-state index in [1.807, 2.05) is 19.9 Å². The second-order valence-electron chi connectivity index (χ2n) is 7.26. The topological polar surface area (TPSA) is 124 Å². The molecule has 3 aromatic rings. The van der Waals surface area contributed by atoms with Crippen molar-refractivity contribution < 1.29 is 13.2 Å². The number of nitrogens with two attached hydrogens (primary N) is 1. The largest absolute Gasteiger partial charge is 0.355 e. The average Bonchev–Trinajstić information content (AvgIpc) is 2.72. The molecule has 0 spiro atoms. The number of hydrogen-bond donors (Lipinski definition) is 2. The minimum absolute atomic E-state index is 0.0516. The van der Waals surface area contributed by atoms with Crippen molar-refractivity contribution in [2.75, 3.05) is 12.3 Å². The zero-order chi connectivity index (χ0) is 22.6. The molecule has 1 amide bonds. The third-order valence-electron chi connectivity index (χ3n) is 4.61. The van der Waals surface area contributed by atoms with Crippen molar-refractivity contribution in [1.82, 2.24) is 14.9 Å². The lowest BCUT2D eigenvalue weighted by atomic mass is 10.1. The van der Waals surface area contributed by atoms with E-state index in [4.69, 9.17) is 5.14 Å². The number of carbonyl (C=O) groups is 1. The summed E-state index contributed by atoms with van der Waals surface area (Å²) in [6.07, 6.45) is 0.548. The Morgan fingerprint density at radius 3 is 2.48 bits per heavy atom. The Bertz CT molecular complexity index is 1250. The smallest absolute Gasteiger partial charge is 0.262 e.